The number of aromatic nitrogens is 1. The Labute approximate surface area is 146 Å². The number of benzene rings is 1. The second-order valence-electron chi connectivity index (χ2n) is 6.66. The Morgan fingerprint density at radius 1 is 1.25 bits per heavy atom. The molecular formula is C20H20NO2S+. The maximum atomic E-state index is 11.0. The number of carbonyl (C=O) groups is 1. The van der Waals surface area contributed by atoms with Gasteiger partial charge in [-0.1, -0.05) is 19.8 Å². The standard InChI is InChI=1S/C20H19NO2S/c1-20(2)10-11-24-18-9-5-14(12-17(18)20)4-7-16-8-6-15(19(22)23)13-21(16)3/h5-6,8-9,12-13H,10-11H2,1-3H3/p+1. The van der Waals surface area contributed by atoms with Gasteiger partial charge >= 0.3 is 5.97 Å². The smallest absolute Gasteiger partial charge is 0.341 e. The fourth-order valence-corrected chi connectivity index (χ4v) is 4.30. The Balaban J connectivity index is 1.93. The molecule has 2 heterocycles. The Bertz CT molecular complexity index is 875. The number of thioether (sulfide) groups is 1. The van der Waals surface area contributed by atoms with E-state index >= 15 is 0 Å². The second-order valence-corrected chi connectivity index (χ2v) is 7.80. The van der Waals surface area contributed by atoms with Crippen LogP contribution in [0.25, 0.3) is 0 Å². The largest absolute Gasteiger partial charge is 0.477 e. The molecule has 0 aliphatic carbocycles. The molecular weight excluding hydrogens is 318 g/mol. The first kappa shape index (κ1) is 16.6. The van der Waals surface area contributed by atoms with Gasteiger partial charge in [-0.3, -0.25) is 0 Å². The molecule has 0 atom stereocenters. The van der Waals surface area contributed by atoms with Gasteiger partial charge in [0.2, 0.25) is 0 Å². The minimum atomic E-state index is -0.931. The highest BCUT2D eigenvalue weighted by Gasteiger charge is 2.27. The molecule has 1 aromatic heterocycles. The van der Waals surface area contributed by atoms with Gasteiger partial charge in [0.1, 0.15) is 12.6 Å². The molecule has 2 aromatic rings. The van der Waals surface area contributed by atoms with E-state index in [0.29, 0.717) is 0 Å². The maximum Gasteiger partial charge on any atom is 0.341 e. The van der Waals surface area contributed by atoms with Crippen molar-refractivity contribution in [3.05, 3.63) is 58.9 Å². The summed E-state index contributed by atoms with van der Waals surface area (Å²) in [4.78, 5) is 12.3. The van der Waals surface area contributed by atoms with Crippen LogP contribution >= 0.6 is 11.8 Å². The molecule has 1 aliphatic rings. The monoisotopic (exact) mass is 338 g/mol. The van der Waals surface area contributed by atoms with Crippen LogP contribution in [0.5, 0.6) is 0 Å². The summed E-state index contributed by atoms with van der Waals surface area (Å²) in [6.45, 7) is 4.57. The van der Waals surface area contributed by atoms with Crippen LogP contribution < -0.4 is 4.57 Å². The van der Waals surface area contributed by atoms with Crippen molar-refractivity contribution >= 4 is 17.7 Å². The lowest BCUT2D eigenvalue weighted by atomic mass is 9.81. The van der Waals surface area contributed by atoms with E-state index in [9.17, 15) is 4.79 Å². The highest BCUT2D eigenvalue weighted by atomic mass is 32.2. The Kier molecular flexibility index (Phi) is 4.38. The van der Waals surface area contributed by atoms with Crippen molar-refractivity contribution in [3.63, 3.8) is 0 Å². The van der Waals surface area contributed by atoms with Crippen molar-refractivity contribution in [2.75, 3.05) is 5.75 Å². The van der Waals surface area contributed by atoms with E-state index in [2.05, 4.69) is 43.9 Å². The predicted molar refractivity (Wildman–Crippen MR) is 95.4 cm³/mol. The van der Waals surface area contributed by atoms with Crippen LogP contribution in [0, 0.1) is 11.8 Å². The van der Waals surface area contributed by atoms with Gasteiger partial charge in [0.05, 0.1) is 0 Å². The van der Waals surface area contributed by atoms with Gasteiger partial charge in [0, 0.05) is 22.4 Å². The van der Waals surface area contributed by atoms with E-state index in [4.69, 9.17) is 5.11 Å². The molecule has 1 aliphatic heterocycles. The zero-order valence-electron chi connectivity index (χ0n) is 14.1. The summed E-state index contributed by atoms with van der Waals surface area (Å²) in [5.74, 6) is 6.59. The summed E-state index contributed by atoms with van der Waals surface area (Å²) in [7, 11) is 1.81. The lowest BCUT2D eigenvalue weighted by molar-refractivity contribution is -0.674. The Morgan fingerprint density at radius 2 is 2.04 bits per heavy atom. The fourth-order valence-electron chi connectivity index (χ4n) is 2.81. The van der Waals surface area contributed by atoms with Crippen LogP contribution in [0.4, 0.5) is 0 Å². The van der Waals surface area contributed by atoms with E-state index in [1.807, 2.05) is 18.8 Å². The summed E-state index contributed by atoms with van der Waals surface area (Å²) >= 11 is 1.91. The lowest BCUT2D eigenvalue weighted by Gasteiger charge is -2.32. The van der Waals surface area contributed by atoms with E-state index < -0.39 is 5.97 Å². The molecule has 24 heavy (non-hydrogen) atoms. The average molecular weight is 338 g/mol. The number of rotatable bonds is 1. The first-order valence-electron chi connectivity index (χ1n) is 7.89. The van der Waals surface area contributed by atoms with Crippen molar-refractivity contribution in [2.45, 2.75) is 30.6 Å². The van der Waals surface area contributed by atoms with Crippen LogP contribution in [-0.4, -0.2) is 16.8 Å². The molecule has 122 valence electrons. The number of hydrogen-bond donors (Lipinski definition) is 1. The predicted octanol–water partition coefficient (Wildman–Crippen LogP) is 3.38. The molecule has 0 saturated heterocycles. The number of fused-ring (bicyclic) bond motifs is 1. The van der Waals surface area contributed by atoms with E-state index in [1.165, 1.54) is 16.9 Å². The minimum Gasteiger partial charge on any atom is -0.477 e. The maximum absolute atomic E-state index is 11.0. The molecule has 0 unspecified atom stereocenters. The van der Waals surface area contributed by atoms with Crippen LogP contribution in [0.15, 0.2) is 41.4 Å². The van der Waals surface area contributed by atoms with E-state index in [1.54, 1.807) is 22.9 Å². The summed E-state index contributed by atoms with van der Waals surface area (Å²) in [5, 5.41) is 9.02. The third-order valence-electron chi connectivity index (χ3n) is 4.41. The van der Waals surface area contributed by atoms with Gasteiger partial charge in [-0.25, -0.2) is 4.79 Å². The van der Waals surface area contributed by atoms with E-state index in [-0.39, 0.29) is 11.0 Å². The van der Waals surface area contributed by atoms with Crippen molar-refractivity contribution in [1.82, 2.24) is 0 Å². The molecule has 0 amide bonds. The molecule has 0 radical (unpaired) electrons. The Hall–Kier alpha value is -2.25. The van der Waals surface area contributed by atoms with Crippen LogP contribution in [-0.2, 0) is 12.5 Å². The second kappa shape index (κ2) is 6.33. The number of aromatic carboxylic acids is 1. The highest BCUT2D eigenvalue weighted by molar-refractivity contribution is 7.99. The summed E-state index contributed by atoms with van der Waals surface area (Å²) < 4.78 is 1.74. The van der Waals surface area contributed by atoms with Crippen LogP contribution in [0.3, 0.4) is 0 Å². The minimum absolute atomic E-state index is 0.187. The fraction of sp³-hybridized carbons (Fsp3) is 0.300. The third kappa shape index (κ3) is 3.32. The number of hydrogen-bond acceptors (Lipinski definition) is 2. The number of nitrogens with zero attached hydrogens (tertiary/aromatic N) is 1. The van der Waals surface area contributed by atoms with Gasteiger partial charge in [-0.05, 0) is 47.4 Å². The summed E-state index contributed by atoms with van der Waals surface area (Å²) in [6, 6.07) is 9.75. The molecule has 4 heteroatoms. The zero-order chi connectivity index (χ0) is 17.3. The average Bonchev–Trinajstić information content (AvgIpc) is 2.53. The van der Waals surface area contributed by atoms with E-state index in [0.717, 1.165) is 17.0 Å². The number of pyridine rings is 1. The number of aryl methyl sites for hydroxylation is 1. The van der Waals surface area contributed by atoms with Gasteiger partial charge < -0.3 is 5.11 Å². The molecule has 0 saturated carbocycles. The third-order valence-corrected chi connectivity index (χ3v) is 5.48. The van der Waals surface area contributed by atoms with Crippen molar-refractivity contribution in [2.24, 2.45) is 7.05 Å². The first-order valence-corrected chi connectivity index (χ1v) is 8.88. The normalized spacial score (nSPS) is 15.1. The van der Waals surface area contributed by atoms with Gasteiger partial charge in [0.15, 0.2) is 6.20 Å². The molecule has 0 fully saturated rings. The topological polar surface area (TPSA) is 41.2 Å². The lowest BCUT2D eigenvalue weighted by Crippen LogP contribution is -2.33. The number of carboxylic acid groups (broad SMARTS) is 1. The summed E-state index contributed by atoms with van der Waals surface area (Å²) in [5.41, 5.74) is 3.59. The molecule has 0 bridgehead atoms. The van der Waals surface area contributed by atoms with Gasteiger partial charge in [-0.15, -0.1) is 11.8 Å². The van der Waals surface area contributed by atoms with Crippen LogP contribution in [0.2, 0.25) is 0 Å². The quantitative estimate of drug-likeness (QED) is 0.640. The van der Waals surface area contributed by atoms with Crippen molar-refractivity contribution < 1.29 is 14.5 Å². The molecule has 0 spiro atoms. The highest BCUT2D eigenvalue weighted by Crippen LogP contribution is 2.41. The molecule has 1 N–H and O–H groups in total. The van der Waals surface area contributed by atoms with Gasteiger partial charge in [0.25, 0.3) is 5.69 Å². The number of carboxylic acids is 1. The SMILES string of the molecule is C[n+]1cc(C(=O)O)ccc1C#Cc1ccc2c(c1)C(C)(C)CCS2. The molecule has 1 aromatic carbocycles. The zero-order valence-corrected chi connectivity index (χ0v) is 14.9. The van der Waals surface area contributed by atoms with Gasteiger partial charge in [-0.2, -0.15) is 4.57 Å². The summed E-state index contributed by atoms with van der Waals surface area (Å²) in [6.07, 6.45) is 2.76. The van der Waals surface area contributed by atoms with Crippen LogP contribution in [0.1, 0.15) is 47.4 Å². The Morgan fingerprint density at radius 3 is 2.75 bits per heavy atom. The molecule has 3 rings (SSSR count). The van der Waals surface area contributed by atoms with Crippen molar-refractivity contribution in [1.29, 1.82) is 0 Å². The molecule has 3 nitrogen and oxygen atoms in total. The van der Waals surface area contributed by atoms with Crippen molar-refractivity contribution in [3.8, 4) is 11.8 Å². The first-order chi connectivity index (χ1) is 11.4.